The quantitative estimate of drug-likeness (QED) is 0.668. The number of carbonyl (C=O) groups excluding carboxylic acids is 3. The fraction of sp³-hybridized carbons (Fsp3) is 0.400. The van der Waals surface area contributed by atoms with Crippen molar-refractivity contribution in [3.05, 3.63) is 71.3 Å². The maximum atomic E-state index is 14.1. The van der Waals surface area contributed by atoms with Crippen molar-refractivity contribution in [1.29, 1.82) is 0 Å². The Morgan fingerprint density at radius 3 is 2.36 bits per heavy atom. The molecule has 0 bridgehead atoms. The van der Waals surface area contributed by atoms with E-state index >= 15 is 0 Å². The normalized spacial score (nSPS) is 16.1. The highest BCUT2D eigenvalue weighted by molar-refractivity contribution is 5.98. The Morgan fingerprint density at radius 1 is 1.03 bits per heavy atom. The molecule has 1 heterocycles. The van der Waals surface area contributed by atoms with Gasteiger partial charge in [-0.2, -0.15) is 0 Å². The third-order valence-corrected chi connectivity index (χ3v) is 6.06. The first-order valence-electron chi connectivity index (χ1n) is 11.2. The maximum absolute atomic E-state index is 14.1. The van der Waals surface area contributed by atoms with Crippen molar-refractivity contribution >= 4 is 17.7 Å². The van der Waals surface area contributed by atoms with Crippen LogP contribution >= 0.6 is 0 Å². The van der Waals surface area contributed by atoms with Gasteiger partial charge in [0.05, 0.1) is 5.56 Å². The zero-order chi connectivity index (χ0) is 24.0. The van der Waals surface area contributed by atoms with Crippen LogP contribution in [0.5, 0.6) is 0 Å². The highest BCUT2D eigenvalue weighted by Crippen LogP contribution is 2.23. The molecule has 3 rings (SSSR count). The van der Waals surface area contributed by atoms with Crippen LogP contribution in [0.15, 0.2) is 48.5 Å². The minimum atomic E-state index is -0.863. The molecule has 2 aromatic carbocycles. The minimum absolute atomic E-state index is 0.0833. The number of rotatable bonds is 7. The van der Waals surface area contributed by atoms with Crippen LogP contribution in [0.25, 0.3) is 0 Å². The molecule has 1 aliphatic rings. The Hall–Kier alpha value is -3.29. The smallest absolute Gasteiger partial charge is 0.254 e. The molecule has 3 amide bonds. The van der Waals surface area contributed by atoms with Gasteiger partial charge in [0.2, 0.25) is 5.91 Å². The van der Waals surface area contributed by atoms with Gasteiger partial charge in [-0.05, 0) is 62.4 Å². The lowest BCUT2D eigenvalue weighted by Crippen LogP contribution is -2.55. The Labute approximate surface area is 192 Å². The molecule has 6 nitrogen and oxygen atoms in total. The van der Waals surface area contributed by atoms with Crippen LogP contribution in [0.2, 0.25) is 0 Å². The molecule has 0 saturated carbocycles. The Kier molecular flexibility index (Phi) is 8.14. The van der Waals surface area contributed by atoms with Gasteiger partial charge < -0.3 is 15.5 Å². The van der Waals surface area contributed by atoms with E-state index in [4.69, 9.17) is 0 Å². The molecule has 8 heteroatoms. The van der Waals surface area contributed by atoms with E-state index in [2.05, 4.69) is 10.6 Å². The second-order valence-electron chi connectivity index (χ2n) is 8.39. The van der Waals surface area contributed by atoms with E-state index in [1.54, 1.807) is 17.0 Å². The Bertz CT molecular complexity index is 1010. The zero-order valence-electron chi connectivity index (χ0n) is 18.8. The molecule has 1 aliphatic heterocycles. The highest BCUT2D eigenvalue weighted by atomic mass is 19.1. The number of nitrogens with zero attached hydrogens (tertiary/aromatic N) is 1. The summed E-state index contributed by atoms with van der Waals surface area (Å²) in [5.74, 6) is -2.63. The lowest BCUT2D eigenvalue weighted by atomic mass is 9.88. The van der Waals surface area contributed by atoms with Crippen LogP contribution in [-0.2, 0) is 4.79 Å². The second-order valence-corrected chi connectivity index (χ2v) is 8.39. The van der Waals surface area contributed by atoms with Gasteiger partial charge in [0, 0.05) is 24.7 Å². The summed E-state index contributed by atoms with van der Waals surface area (Å²) in [5, 5.41) is 5.61. The van der Waals surface area contributed by atoms with Crippen molar-refractivity contribution in [2.24, 2.45) is 5.92 Å². The second kappa shape index (κ2) is 11.0. The molecule has 2 aromatic rings. The molecule has 33 heavy (non-hydrogen) atoms. The molecule has 0 radical (unpaired) electrons. The molecule has 0 aromatic heterocycles. The summed E-state index contributed by atoms with van der Waals surface area (Å²) in [6, 6.07) is 10.2. The first kappa shape index (κ1) is 24.4. The molecular formula is C25H29F2N3O3. The van der Waals surface area contributed by atoms with Gasteiger partial charge in [-0.15, -0.1) is 0 Å². The standard InChI is InChI=1S/C25H29F2N3O3/c1-3-16(2)28-24(32)22(29-23(31)20-9-4-5-10-21(20)27)17-11-13-30(14-12-17)25(33)18-7-6-8-19(26)15-18/h4-10,15-17,22H,3,11-14H2,1-2H3,(H,28,32)(H,29,31)/t16-,22-/m1/s1. The van der Waals surface area contributed by atoms with Gasteiger partial charge in [-0.1, -0.05) is 25.1 Å². The van der Waals surface area contributed by atoms with Crippen molar-refractivity contribution in [1.82, 2.24) is 15.5 Å². The van der Waals surface area contributed by atoms with Crippen molar-refractivity contribution in [3.63, 3.8) is 0 Å². The number of hydrogen-bond acceptors (Lipinski definition) is 3. The van der Waals surface area contributed by atoms with Crippen LogP contribution < -0.4 is 10.6 Å². The van der Waals surface area contributed by atoms with E-state index in [0.29, 0.717) is 25.9 Å². The van der Waals surface area contributed by atoms with Crippen LogP contribution in [0.1, 0.15) is 53.8 Å². The lowest BCUT2D eigenvalue weighted by molar-refractivity contribution is -0.125. The van der Waals surface area contributed by atoms with Gasteiger partial charge in [-0.3, -0.25) is 14.4 Å². The summed E-state index contributed by atoms with van der Waals surface area (Å²) < 4.78 is 27.6. The highest BCUT2D eigenvalue weighted by Gasteiger charge is 2.35. The van der Waals surface area contributed by atoms with E-state index in [-0.39, 0.29) is 34.9 Å². The number of likely N-dealkylation sites (tertiary alicyclic amines) is 1. The summed E-state index contributed by atoms with van der Waals surface area (Å²) in [4.78, 5) is 40.1. The molecule has 0 spiro atoms. The number of halogens is 2. The topological polar surface area (TPSA) is 78.5 Å². The third-order valence-electron chi connectivity index (χ3n) is 6.06. The fourth-order valence-corrected chi connectivity index (χ4v) is 3.94. The van der Waals surface area contributed by atoms with E-state index in [1.807, 2.05) is 13.8 Å². The number of piperidine rings is 1. The zero-order valence-corrected chi connectivity index (χ0v) is 18.8. The average molecular weight is 458 g/mol. The predicted octanol–water partition coefficient (Wildman–Crippen LogP) is 3.53. The van der Waals surface area contributed by atoms with E-state index < -0.39 is 23.6 Å². The average Bonchev–Trinajstić information content (AvgIpc) is 2.82. The summed E-state index contributed by atoms with van der Waals surface area (Å²) >= 11 is 0. The van der Waals surface area contributed by atoms with Crippen molar-refractivity contribution in [2.45, 2.75) is 45.2 Å². The molecule has 0 unspecified atom stereocenters. The van der Waals surface area contributed by atoms with E-state index in [1.165, 1.54) is 36.4 Å². The van der Waals surface area contributed by atoms with Crippen molar-refractivity contribution < 1.29 is 23.2 Å². The number of carbonyl (C=O) groups is 3. The summed E-state index contributed by atoms with van der Waals surface area (Å²) in [7, 11) is 0. The van der Waals surface area contributed by atoms with Crippen molar-refractivity contribution in [3.8, 4) is 0 Å². The van der Waals surface area contributed by atoms with Gasteiger partial charge >= 0.3 is 0 Å². The number of amides is 3. The largest absolute Gasteiger partial charge is 0.352 e. The van der Waals surface area contributed by atoms with Crippen LogP contribution in [0, 0.1) is 17.6 Å². The molecule has 2 atom stereocenters. The predicted molar refractivity (Wildman–Crippen MR) is 121 cm³/mol. The van der Waals surface area contributed by atoms with Crippen LogP contribution in [0.4, 0.5) is 8.78 Å². The first-order chi connectivity index (χ1) is 15.8. The molecule has 176 valence electrons. The van der Waals surface area contributed by atoms with E-state index in [0.717, 1.165) is 6.42 Å². The number of benzene rings is 2. The van der Waals surface area contributed by atoms with Gasteiger partial charge in [0.1, 0.15) is 17.7 Å². The molecular weight excluding hydrogens is 428 g/mol. The minimum Gasteiger partial charge on any atom is -0.352 e. The monoisotopic (exact) mass is 457 g/mol. The number of nitrogens with one attached hydrogen (secondary N) is 2. The van der Waals surface area contributed by atoms with Gasteiger partial charge in [0.25, 0.3) is 11.8 Å². The summed E-state index contributed by atoms with van der Waals surface area (Å²) in [5.41, 5.74) is 0.143. The molecule has 0 aliphatic carbocycles. The lowest BCUT2D eigenvalue weighted by Gasteiger charge is -2.36. The molecule has 2 N–H and O–H groups in total. The SMILES string of the molecule is CC[C@@H](C)NC(=O)[C@H](NC(=O)c1ccccc1F)C1CCN(C(=O)c2cccc(F)c2)CC1. The number of hydrogen-bond donors (Lipinski definition) is 2. The van der Waals surface area contributed by atoms with Gasteiger partial charge in [0.15, 0.2) is 0 Å². The third kappa shape index (κ3) is 6.15. The summed E-state index contributed by atoms with van der Waals surface area (Å²) in [6.07, 6.45) is 1.66. The Morgan fingerprint density at radius 2 is 1.73 bits per heavy atom. The van der Waals surface area contributed by atoms with Crippen molar-refractivity contribution in [2.75, 3.05) is 13.1 Å². The first-order valence-corrected chi connectivity index (χ1v) is 11.2. The fourth-order valence-electron chi connectivity index (χ4n) is 3.94. The van der Waals surface area contributed by atoms with Gasteiger partial charge in [-0.25, -0.2) is 8.78 Å². The van der Waals surface area contributed by atoms with E-state index in [9.17, 15) is 23.2 Å². The molecule has 1 saturated heterocycles. The van der Waals surface area contributed by atoms with Crippen LogP contribution in [-0.4, -0.2) is 47.8 Å². The summed E-state index contributed by atoms with van der Waals surface area (Å²) in [6.45, 7) is 4.54. The van der Waals surface area contributed by atoms with Crippen LogP contribution in [0.3, 0.4) is 0 Å². The Balaban J connectivity index is 1.71. The maximum Gasteiger partial charge on any atom is 0.254 e. The molecule has 1 fully saturated rings.